The Morgan fingerprint density at radius 3 is 2.39 bits per heavy atom. The summed E-state index contributed by atoms with van der Waals surface area (Å²) in [6.07, 6.45) is 7.98. The zero-order chi connectivity index (χ0) is 13.5. The van der Waals surface area contributed by atoms with Crippen molar-refractivity contribution in [2.75, 3.05) is 6.61 Å². The van der Waals surface area contributed by atoms with Crippen LogP contribution in [0.25, 0.3) is 0 Å². The number of hydrogen-bond acceptors (Lipinski definition) is 3. The third-order valence-electron chi connectivity index (χ3n) is 3.60. The SMILES string of the molecule is C=C(N)C(=C/C)/N=C\C(=C)C1CCC(CO)CC1. The zero-order valence-corrected chi connectivity index (χ0v) is 11.2. The molecule has 0 saturated heterocycles. The third-order valence-corrected chi connectivity index (χ3v) is 3.60. The van der Waals surface area contributed by atoms with Gasteiger partial charge < -0.3 is 10.8 Å². The van der Waals surface area contributed by atoms with Crippen molar-refractivity contribution in [2.45, 2.75) is 32.6 Å². The van der Waals surface area contributed by atoms with Crippen molar-refractivity contribution in [2.24, 2.45) is 22.6 Å². The van der Waals surface area contributed by atoms with E-state index >= 15 is 0 Å². The molecule has 3 nitrogen and oxygen atoms in total. The number of allylic oxidation sites excluding steroid dienone is 2. The Hall–Kier alpha value is -1.35. The van der Waals surface area contributed by atoms with E-state index in [1.54, 1.807) is 6.21 Å². The molecule has 3 heteroatoms. The van der Waals surface area contributed by atoms with E-state index in [-0.39, 0.29) is 0 Å². The third kappa shape index (κ3) is 4.15. The Balaban J connectivity index is 2.51. The average molecular weight is 248 g/mol. The van der Waals surface area contributed by atoms with Crippen LogP contribution in [0.3, 0.4) is 0 Å². The van der Waals surface area contributed by atoms with Crippen LogP contribution in [0, 0.1) is 11.8 Å². The van der Waals surface area contributed by atoms with Crippen LogP contribution >= 0.6 is 0 Å². The summed E-state index contributed by atoms with van der Waals surface area (Å²) in [6, 6.07) is 0. The van der Waals surface area contributed by atoms with Crippen molar-refractivity contribution in [3.05, 3.63) is 36.2 Å². The summed E-state index contributed by atoms with van der Waals surface area (Å²) < 4.78 is 0. The van der Waals surface area contributed by atoms with E-state index < -0.39 is 0 Å². The van der Waals surface area contributed by atoms with E-state index in [4.69, 9.17) is 10.8 Å². The predicted molar refractivity (Wildman–Crippen MR) is 77.3 cm³/mol. The maximum Gasteiger partial charge on any atom is 0.0810 e. The van der Waals surface area contributed by atoms with Gasteiger partial charge >= 0.3 is 0 Å². The molecule has 0 aromatic rings. The highest BCUT2D eigenvalue weighted by molar-refractivity contribution is 5.79. The number of aliphatic hydroxyl groups excluding tert-OH is 1. The lowest BCUT2D eigenvalue weighted by Gasteiger charge is -2.27. The Kier molecular flexibility index (Phi) is 5.86. The molecule has 0 aromatic carbocycles. The van der Waals surface area contributed by atoms with Gasteiger partial charge in [-0.2, -0.15) is 0 Å². The largest absolute Gasteiger partial charge is 0.397 e. The smallest absolute Gasteiger partial charge is 0.0810 e. The van der Waals surface area contributed by atoms with Crippen LogP contribution in [-0.4, -0.2) is 17.9 Å². The lowest BCUT2D eigenvalue weighted by Crippen LogP contribution is -2.18. The van der Waals surface area contributed by atoms with Gasteiger partial charge in [-0.1, -0.05) is 19.2 Å². The number of rotatable bonds is 5. The van der Waals surface area contributed by atoms with Gasteiger partial charge in [0, 0.05) is 18.5 Å². The standard InChI is InChI=1S/C15H24N2O/c1-4-15(12(3)16)17-9-11(2)14-7-5-13(10-18)6-8-14/h4,9,13-14,18H,2-3,5-8,10,16H2,1H3/b15-4-,17-9-. The van der Waals surface area contributed by atoms with Crippen LogP contribution in [0.1, 0.15) is 32.6 Å². The zero-order valence-electron chi connectivity index (χ0n) is 11.2. The number of nitrogens with zero attached hydrogens (tertiary/aromatic N) is 1. The van der Waals surface area contributed by atoms with Gasteiger partial charge in [0.1, 0.15) is 0 Å². The molecule has 0 amide bonds. The van der Waals surface area contributed by atoms with Gasteiger partial charge in [0.2, 0.25) is 0 Å². The molecule has 1 rings (SSSR count). The predicted octanol–water partition coefficient (Wildman–Crippen LogP) is 2.79. The number of nitrogens with two attached hydrogens (primary N) is 1. The van der Waals surface area contributed by atoms with Crippen molar-refractivity contribution in [3.8, 4) is 0 Å². The molecule has 0 atom stereocenters. The number of hydrogen-bond donors (Lipinski definition) is 2. The molecule has 0 unspecified atom stereocenters. The Morgan fingerprint density at radius 1 is 1.33 bits per heavy atom. The van der Waals surface area contributed by atoms with Gasteiger partial charge in [-0.05, 0) is 50.0 Å². The van der Waals surface area contributed by atoms with Gasteiger partial charge in [0.05, 0.1) is 5.70 Å². The van der Waals surface area contributed by atoms with Crippen LogP contribution in [0.5, 0.6) is 0 Å². The fraction of sp³-hybridized carbons (Fsp3) is 0.533. The number of aliphatic hydroxyl groups is 1. The first-order valence-electron chi connectivity index (χ1n) is 6.53. The summed E-state index contributed by atoms with van der Waals surface area (Å²) in [5.41, 5.74) is 7.85. The van der Waals surface area contributed by atoms with Crippen molar-refractivity contribution in [1.29, 1.82) is 0 Å². The molecule has 0 heterocycles. The molecule has 1 saturated carbocycles. The lowest BCUT2D eigenvalue weighted by molar-refractivity contribution is 0.177. The van der Waals surface area contributed by atoms with Gasteiger partial charge in [0.25, 0.3) is 0 Å². The summed E-state index contributed by atoms with van der Waals surface area (Å²) in [5, 5.41) is 9.11. The highest BCUT2D eigenvalue weighted by Crippen LogP contribution is 2.31. The molecule has 18 heavy (non-hydrogen) atoms. The molecule has 0 aromatic heterocycles. The highest BCUT2D eigenvalue weighted by Gasteiger charge is 2.21. The van der Waals surface area contributed by atoms with E-state index in [0.29, 0.717) is 29.8 Å². The van der Waals surface area contributed by atoms with Gasteiger partial charge in [-0.15, -0.1) is 0 Å². The molecule has 3 N–H and O–H groups in total. The fourth-order valence-corrected chi connectivity index (χ4v) is 2.32. The van der Waals surface area contributed by atoms with Crippen LogP contribution in [-0.2, 0) is 0 Å². The Morgan fingerprint density at radius 2 is 1.94 bits per heavy atom. The molecule has 0 aliphatic heterocycles. The molecule has 0 radical (unpaired) electrons. The van der Waals surface area contributed by atoms with Crippen molar-refractivity contribution < 1.29 is 5.11 Å². The van der Waals surface area contributed by atoms with Crippen LogP contribution in [0.15, 0.2) is 41.2 Å². The fourth-order valence-electron chi connectivity index (χ4n) is 2.32. The minimum absolute atomic E-state index is 0.309. The van der Waals surface area contributed by atoms with Crippen molar-refractivity contribution >= 4 is 6.21 Å². The first-order valence-corrected chi connectivity index (χ1v) is 6.53. The van der Waals surface area contributed by atoms with Crippen LogP contribution < -0.4 is 5.73 Å². The summed E-state index contributed by atoms with van der Waals surface area (Å²) in [7, 11) is 0. The second kappa shape index (κ2) is 7.17. The normalized spacial score (nSPS) is 25.3. The van der Waals surface area contributed by atoms with Crippen LogP contribution in [0.2, 0.25) is 0 Å². The maximum atomic E-state index is 9.11. The molecule has 0 bridgehead atoms. The summed E-state index contributed by atoms with van der Waals surface area (Å²) in [5.74, 6) is 0.960. The second-order valence-electron chi connectivity index (χ2n) is 4.93. The Labute approximate surface area is 110 Å². The van der Waals surface area contributed by atoms with Crippen LogP contribution in [0.4, 0.5) is 0 Å². The van der Waals surface area contributed by atoms with E-state index in [1.807, 2.05) is 13.0 Å². The lowest BCUT2D eigenvalue weighted by atomic mass is 9.79. The maximum absolute atomic E-state index is 9.11. The van der Waals surface area contributed by atoms with Crippen molar-refractivity contribution in [1.82, 2.24) is 0 Å². The van der Waals surface area contributed by atoms with Crippen molar-refractivity contribution in [3.63, 3.8) is 0 Å². The molecule has 1 aliphatic carbocycles. The molecule has 100 valence electrons. The van der Waals surface area contributed by atoms with E-state index in [1.165, 1.54) is 0 Å². The van der Waals surface area contributed by atoms with E-state index in [2.05, 4.69) is 18.2 Å². The summed E-state index contributed by atoms with van der Waals surface area (Å²) in [6.45, 7) is 9.96. The van der Waals surface area contributed by atoms with E-state index in [9.17, 15) is 0 Å². The first-order chi connectivity index (χ1) is 8.58. The van der Waals surface area contributed by atoms with Gasteiger partial charge in [-0.25, -0.2) is 0 Å². The molecule has 0 spiro atoms. The monoisotopic (exact) mass is 248 g/mol. The van der Waals surface area contributed by atoms with Gasteiger partial charge in [0.15, 0.2) is 0 Å². The summed E-state index contributed by atoms with van der Waals surface area (Å²) in [4.78, 5) is 4.32. The topological polar surface area (TPSA) is 58.6 Å². The van der Waals surface area contributed by atoms with Gasteiger partial charge in [-0.3, -0.25) is 4.99 Å². The first kappa shape index (κ1) is 14.7. The molecular formula is C15H24N2O. The average Bonchev–Trinajstić information content (AvgIpc) is 2.39. The minimum Gasteiger partial charge on any atom is -0.397 e. The quantitative estimate of drug-likeness (QED) is 0.580. The Bertz CT molecular complexity index is 361. The summed E-state index contributed by atoms with van der Waals surface area (Å²) >= 11 is 0. The highest BCUT2D eigenvalue weighted by atomic mass is 16.3. The molecule has 1 fully saturated rings. The molecule has 1 aliphatic rings. The molecular weight excluding hydrogens is 224 g/mol. The number of aliphatic imine (C=N–C) groups is 1. The minimum atomic E-state index is 0.309. The van der Waals surface area contributed by atoms with E-state index in [0.717, 1.165) is 31.3 Å². The second-order valence-corrected chi connectivity index (χ2v) is 4.93.